The molecule has 2 saturated heterocycles. The SMILES string of the molecule is Cc1ncsc1-c1ccc(CNC(=O)[C@@H]2CCCN2C(=O)[C@@H](NC(=O)COCCCOCCCCCOc2ccc3c(c2)C(NC(=O)c2cccc(NC4(c5nnc(-c6ccncc6)[nH]5)CCNCC4)c2)CCO3)C(C)(C)C)cc1. The van der Waals surface area contributed by atoms with E-state index in [1.54, 1.807) is 28.6 Å². The zero-order chi connectivity index (χ0) is 55.9. The number of carbonyl (C=O) groups excluding carboxylic acids is 4. The van der Waals surface area contributed by atoms with Crippen LogP contribution in [0.25, 0.3) is 21.8 Å². The summed E-state index contributed by atoms with van der Waals surface area (Å²) in [6.07, 6.45) is 10.2. The van der Waals surface area contributed by atoms with Crippen molar-refractivity contribution in [2.45, 2.75) is 116 Å². The summed E-state index contributed by atoms with van der Waals surface area (Å²) in [7, 11) is 0. The average molecular weight is 1110 g/mol. The summed E-state index contributed by atoms with van der Waals surface area (Å²) in [4.78, 5) is 69.0. The minimum atomic E-state index is -0.831. The van der Waals surface area contributed by atoms with Crippen molar-refractivity contribution in [3.8, 4) is 33.3 Å². The lowest BCUT2D eigenvalue weighted by Gasteiger charge is -2.37. The molecule has 9 rings (SSSR count). The van der Waals surface area contributed by atoms with Crippen LogP contribution in [0, 0.1) is 12.3 Å². The molecule has 6 aromatic rings. The molecule has 6 heterocycles. The lowest BCUT2D eigenvalue weighted by atomic mass is 9.85. The van der Waals surface area contributed by atoms with Gasteiger partial charge in [-0.2, -0.15) is 0 Å². The van der Waals surface area contributed by atoms with Crippen molar-refractivity contribution in [3.05, 3.63) is 125 Å². The van der Waals surface area contributed by atoms with Crippen LogP contribution in [0.1, 0.15) is 118 Å². The number of nitrogens with zero attached hydrogens (tertiary/aromatic N) is 5. The first kappa shape index (κ1) is 57.4. The number of pyridine rings is 1. The first-order valence-corrected chi connectivity index (χ1v) is 28.9. The highest BCUT2D eigenvalue weighted by atomic mass is 32.1. The van der Waals surface area contributed by atoms with Gasteiger partial charge in [0.2, 0.25) is 17.7 Å². The quantitative estimate of drug-likeness (QED) is 0.0298. The zero-order valence-electron chi connectivity index (χ0n) is 46.3. The maximum atomic E-state index is 14.0. The monoisotopic (exact) mass is 1110 g/mol. The number of rotatable bonds is 25. The molecule has 0 bridgehead atoms. The summed E-state index contributed by atoms with van der Waals surface area (Å²) >= 11 is 1.60. The summed E-state index contributed by atoms with van der Waals surface area (Å²) in [5.41, 5.74) is 6.91. The highest BCUT2D eigenvalue weighted by Gasteiger charge is 2.42. The van der Waals surface area contributed by atoms with E-state index in [1.807, 2.05) is 112 Å². The van der Waals surface area contributed by atoms with Crippen molar-refractivity contribution >= 4 is 40.7 Å². The van der Waals surface area contributed by atoms with Crippen LogP contribution in [0.4, 0.5) is 5.69 Å². The van der Waals surface area contributed by atoms with E-state index in [-0.39, 0.29) is 36.3 Å². The number of benzene rings is 3. The molecule has 80 heavy (non-hydrogen) atoms. The minimum absolute atomic E-state index is 0.178. The number of aryl methyl sites for hydroxylation is 1. The number of anilines is 1. The summed E-state index contributed by atoms with van der Waals surface area (Å²) in [5, 5.41) is 25.4. The van der Waals surface area contributed by atoms with E-state index in [0.717, 1.165) is 95.3 Å². The van der Waals surface area contributed by atoms with E-state index in [0.29, 0.717) is 88.9 Å². The van der Waals surface area contributed by atoms with E-state index >= 15 is 0 Å². The van der Waals surface area contributed by atoms with Gasteiger partial charge in [-0.3, -0.25) is 24.2 Å². The second kappa shape index (κ2) is 27.3. The van der Waals surface area contributed by atoms with Gasteiger partial charge in [0.15, 0.2) is 11.6 Å². The lowest BCUT2D eigenvalue weighted by molar-refractivity contribution is -0.144. The number of aromatic nitrogens is 5. The normalized spacial score (nSPS) is 17.2. The van der Waals surface area contributed by atoms with Crippen LogP contribution < -0.4 is 36.1 Å². The lowest BCUT2D eigenvalue weighted by Crippen LogP contribution is -2.58. The molecule has 6 N–H and O–H groups in total. The van der Waals surface area contributed by atoms with Crippen LogP contribution in [0.2, 0.25) is 0 Å². The Bertz CT molecular complexity index is 3010. The molecular weight excluding hydrogens is 1030 g/mol. The second-order valence-corrected chi connectivity index (χ2v) is 22.7. The molecule has 3 aromatic carbocycles. The Balaban J connectivity index is 0.648. The van der Waals surface area contributed by atoms with Gasteiger partial charge in [0.25, 0.3) is 5.91 Å². The number of piperidine rings is 1. The molecule has 3 aromatic heterocycles. The van der Waals surface area contributed by atoms with Gasteiger partial charge in [-0.05, 0) is 136 Å². The van der Waals surface area contributed by atoms with Gasteiger partial charge < -0.3 is 55.4 Å². The number of hydrogen-bond donors (Lipinski definition) is 6. The smallest absolute Gasteiger partial charge is 0.251 e. The summed E-state index contributed by atoms with van der Waals surface area (Å²) in [6.45, 7) is 12.3. The number of unbranched alkanes of at least 4 members (excludes halogenated alkanes) is 2. The molecule has 4 amide bonds. The van der Waals surface area contributed by atoms with E-state index in [1.165, 1.54) is 0 Å². The van der Waals surface area contributed by atoms with Crippen molar-refractivity contribution in [3.63, 3.8) is 0 Å². The number of likely N-dealkylation sites (tertiary alicyclic amines) is 1. The van der Waals surface area contributed by atoms with Crippen molar-refractivity contribution in [2.75, 3.05) is 64.6 Å². The number of H-pyrrole nitrogens is 1. The number of carbonyl (C=O) groups is 4. The van der Waals surface area contributed by atoms with Crippen LogP contribution >= 0.6 is 11.3 Å². The van der Waals surface area contributed by atoms with Crippen LogP contribution in [0.15, 0.2) is 96.8 Å². The third-order valence-corrected chi connectivity index (χ3v) is 15.9. The Kier molecular flexibility index (Phi) is 19.6. The third-order valence-electron chi connectivity index (χ3n) is 14.9. The molecule has 0 saturated carbocycles. The number of amides is 4. The molecular formula is C60H75N11O8S. The van der Waals surface area contributed by atoms with Gasteiger partial charge in [-0.25, -0.2) is 4.98 Å². The molecule has 0 spiro atoms. The molecule has 19 nitrogen and oxygen atoms in total. The number of nitrogens with one attached hydrogen (secondary N) is 6. The highest BCUT2D eigenvalue weighted by Crippen LogP contribution is 2.37. The van der Waals surface area contributed by atoms with Gasteiger partial charge >= 0.3 is 0 Å². The van der Waals surface area contributed by atoms with Crippen LogP contribution in [-0.2, 0) is 35.9 Å². The molecule has 424 valence electrons. The Hall–Kier alpha value is -7.26. The van der Waals surface area contributed by atoms with Crippen LogP contribution in [0.5, 0.6) is 11.5 Å². The number of fused-ring (bicyclic) bond motifs is 1. The predicted octanol–water partition coefficient (Wildman–Crippen LogP) is 8.05. The van der Waals surface area contributed by atoms with E-state index in [9.17, 15) is 19.2 Å². The molecule has 1 unspecified atom stereocenters. The number of hydrogen-bond acceptors (Lipinski definition) is 15. The predicted molar refractivity (Wildman–Crippen MR) is 306 cm³/mol. The number of thiazole rings is 1. The zero-order valence-corrected chi connectivity index (χ0v) is 47.1. The van der Waals surface area contributed by atoms with E-state index in [4.69, 9.17) is 18.9 Å². The third kappa shape index (κ3) is 14.9. The summed E-state index contributed by atoms with van der Waals surface area (Å²) < 4.78 is 23.7. The number of aromatic amines is 1. The Morgan fingerprint density at radius 2 is 1.66 bits per heavy atom. The van der Waals surface area contributed by atoms with Gasteiger partial charge in [0, 0.05) is 74.1 Å². The van der Waals surface area contributed by atoms with E-state index in [2.05, 4.69) is 51.7 Å². The second-order valence-electron chi connectivity index (χ2n) is 21.8. The van der Waals surface area contributed by atoms with Crippen molar-refractivity contribution in [1.82, 2.24) is 51.3 Å². The first-order valence-electron chi connectivity index (χ1n) is 28.0. The van der Waals surface area contributed by atoms with Gasteiger partial charge in [0.05, 0.1) is 40.9 Å². The standard InChI is InChI=1S/C60H75N11O8S/c1-40-52(80-39-64-40)42-16-14-41(15-17-42)37-63-56(74)49-13-9-29-71(49)57(75)53(59(2,3)4)66-51(72)38-77-32-10-31-76-30-6-5-7-33-78-46-18-19-50-47(36-46)48(22-34-79-50)65-55(73)44-11-8-12-45(35-44)68-60(23-27-62-28-24-60)58-67-54(69-70-58)43-20-25-61-26-21-43/h8,11-12,14-21,25-26,35-36,39,48-49,53,62,68H,5-7,9-10,13,22-24,27-34,37-38H2,1-4H3,(H,63,74)(H,65,73)(H,66,72)(H,67,69,70)/t48?,49-,53+/m0/s1. The van der Waals surface area contributed by atoms with Crippen LogP contribution in [-0.4, -0.2) is 125 Å². The Morgan fingerprint density at radius 3 is 2.45 bits per heavy atom. The molecule has 2 fully saturated rings. The molecule has 3 aliphatic heterocycles. The minimum Gasteiger partial charge on any atom is -0.494 e. The molecule has 20 heteroatoms. The first-order chi connectivity index (χ1) is 38.8. The Morgan fingerprint density at radius 1 is 0.875 bits per heavy atom. The average Bonchev–Trinajstić information content (AvgIpc) is 4.33. The largest absolute Gasteiger partial charge is 0.494 e. The number of ether oxygens (including phenoxy) is 4. The summed E-state index contributed by atoms with van der Waals surface area (Å²) in [6, 6.07) is 23.5. The van der Waals surface area contributed by atoms with E-state index < -0.39 is 23.0 Å². The fourth-order valence-corrected chi connectivity index (χ4v) is 11.3. The summed E-state index contributed by atoms with van der Waals surface area (Å²) in [5.74, 6) is 1.84. The van der Waals surface area contributed by atoms with Gasteiger partial charge in [-0.15, -0.1) is 21.5 Å². The maximum Gasteiger partial charge on any atom is 0.251 e. The fraction of sp³-hybridized carbons (Fsp3) is 0.467. The Labute approximate surface area is 472 Å². The van der Waals surface area contributed by atoms with Crippen LogP contribution in [0.3, 0.4) is 0 Å². The molecule has 0 aliphatic carbocycles. The molecule has 3 aliphatic rings. The molecule has 3 atom stereocenters. The fourth-order valence-electron chi connectivity index (χ4n) is 10.4. The highest BCUT2D eigenvalue weighted by molar-refractivity contribution is 7.13. The topological polar surface area (TPSA) is 236 Å². The van der Waals surface area contributed by atoms with Gasteiger partial charge in [0.1, 0.15) is 30.2 Å². The van der Waals surface area contributed by atoms with Crippen molar-refractivity contribution in [2.24, 2.45) is 5.41 Å². The van der Waals surface area contributed by atoms with Crippen molar-refractivity contribution < 1.29 is 38.1 Å². The maximum absolute atomic E-state index is 14.0. The van der Waals surface area contributed by atoms with Crippen molar-refractivity contribution in [1.29, 1.82) is 0 Å². The van der Waals surface area contributed by atoms with Gasteiger partial charge in [-0.1, -0.05) is 51.1 Å². The molecule has 0 radical (unpaired) electrons.